The number of nitriles is 1. The van der Waals surface area contributed by atoms with Gasteiger partial charge in [-0.25, -0.2) is 4.98 Å². The van der Waals surface area contributed by atoms with Crippen LogP contribution in [0.4, 0.5) is 0 Å². The largest absolute Gasteiger partial charge is 0.309 e. The number of aromatic nitrogens is 2. The van der Waals surface area contributed by atoms with Crippen LogP contribution in [0.25, 0.3) is 10.9 Å². The lowest BCUT2D eigenvalue weighted by Gasteiger charge is -2.00. The van der Waals surface area contributed by atoms with Crippen molar-refractivity contribution in [2.24, 2.45) is 0 Å². The van der Waals surface area contributed by atoms with Gasteiger partial charge in [-0.15, -0.1) is 0 Å². The maximum absolute atomic E-state index is 11.6. The quantitative estimate of drug-likeness (QED) is 0.752. The third-order valence-corrected chi connectivity index (χ3v) is 2.16. The molecule has 1 heterocycles. The van der Waals surface area contributed by atoms with Crippen LogP contribution in [0, 0.1) is 18.3 Å². The Hall–Kier alpha value is -2.15. The fourth-order valence-electron chi connectivity index (χ4n) is 1.46. The van der Waals surface area contributed by atoms with Crippen LogP contribution in [-0.2, 0) is 6.42 Å². The predicted molar refractivity (Wildman–Crippen MR) is 56.4 cm³/mol. The first-order chi connectivity index (χ1) is 7.20. The van der Waals surface area contributed by atoms with Gasteiger partial charge in [0.1, 0.15) is 5.82 Å². The predicted octanol–water partition coefficient (Wildman–Crippen LogP) is 1.30. The number of hydrogen-bond donors (Lipinski definition) is 1. The van der Waals surface area contributed by atoms with Gasteiger partial charge in [0.2, 0.25) is 0 Å². The molecule has 1 aromatic carbocycles. The van der Waals surface area contributed by atoms with Gasteiger partial charge in [-0.05, 0) is 19.1 Å². The summed E-state index contributed by atoms with van der Waals surface area (Å²) in [7, 11) is 0. The third-order valence-electron chi connectivity index (χ3n) is 2.16. The Morgan fingerprint density at radius 2 is 2.33 bits per heavy atom. The van der Waals surface area contributed by atoms with Gasteiger partial charge >= 0.3 is 0 Å². The van der Waals surface area contributed by atoms with Crippen molar-refractivity contribution in [3.63, 3.8) is 0 Å². The Labute approximate surface area is 86.2 Å². The van der Waals surface area contributed by atoms with Gasteiger partial charge in [-0.1, -0.05) is 11.6 Å². The maximum atomic E-state index is 11.6. The van der Waals surface area contributed by atoms with Gasteiger partial charge in [0.25, 0.3) is 5.56 Å². The molecular formula is C11H9N3O. The van der Waals surface area contributed by atoms with E-state index in [0.29, 0.717) is 16.7 Å². The molecule has 0 radical (unpaired) electrons. The van der Waals surface area contributed by atoms with Crippen molar-refractivity contribution in [3.05, 3.63) is 39.9 Å². The summed E-state index contributed by atoms with van der Waals surface area (Å²) in [6.07, 6.45) is 0.124. The minimum atomic E-state index is -0.186. The molecule has 2 rings (SSSR count). The fraction of sp³-hybridized carbons (Fsp3) is 0.182. The molecule has 74 valence electrons. The highest BCUT2D eigenvalue weighted by molar-refractivity contribution is 5.78. The molecule has 1 aromatic heterocycles. The smallest absolute Gasteiger partial charge is 0.258 e. The SMILES string of the molecule is Cc1ccc2nc(CC#N)[nH]c(=O)c2c1. The molecule has 0 spiro atoms. The second-order valence-electron chi connectivity index (χ2n) is 3.37. The molecular weight excluding hydrogens is 190 g/mol. The highest BCUT2D eigenvalue weighted by atomic mass is 16.1. The van der Waals surface area contributed by atoms with Crippen LogP contribution in [-0.4, -0.2) is 9.97 Å². The maximum Gasteiger partial charge on any atom is 0.258 e. The van der Waals surface area contributed by atoms with E-state index in [9.17, 15) is 4.79 Å². The summed E-state index contributed by atoms with van der Waals surface area (Å²) < 4.78 is 0. The Balaban J connectivity index is 2.74. The number of hydrogen-bond acceptors (Lipinski definition) is 3. The van der Waals surface area contributed by atoms with Crippen LogP contribution in [0.1, 0.15) is 11.4 Å². The summed E-state index contributed by atoms with van der Waals surface area (Å²) in [5, 5.41) is 9.08. The number of fused-ring (bicyclic) bond motifs is 1. The van der Waals surface area contributed by atoms with Crippen molar-refractivity contribution >= 4 is 10.9 Å². The molecule has 1 N–H and O–H groups in total. The van der Waals surface area contributed by atoms with E-state index < -0.39 is 0 Å². The third kappa shape index (κ3) is 1.72. The Bertz CT molecular complexity index is 607. The minimum absolute atomic E-state index is 0.124. The monoisotopic (exact) mass is 199 g/mol. The van der Waals surface area contributed by atoms with Gasteiger partial charge in [-0.3, -0.25) is 4.79 Å². The molecule has 2 aromatic rings. The van der Waals surface area contributed by atoms with Crippen molar-refractivity contribution in [2.75, 3.05) is 0 Å². The van der Waals surface area contributed by atoms with E-state index in [1.807, 2.05) is 19.1 Å². The highest BCUT2D eigenvalue weighted by Crippen LogP contribution is 2.09. The van der Waals surface area contributed by atoms with Gasteiger partial charge in [0.05, 0.1) is 23.4 Å². The van der Waals surface area contributed by atoms with E-state index in [-0.39, 0.29) is 12.0 Å². The molecule has 0 aliphatic carbocycles. The van der Waals surface area contributed by atoms with Crippen LogP contribution < -0.4 is 5.56 Å². The number of nitrogens with one attached hydrogen (secondary N) is 1. The molecule has 0 fully saturated rings. The second-order valence-corrected chi connectivity index (χ2v) is 3.37. The lowest BCUT2D eigenvalue weighted by Crippen LogP contribution is -2.11. The van der Waals surface area contributed by atoms with Gasteiger partial charge in [-0.2, -0.15) is 5.26 Å². The summed E-state index contributed by atoms with van der Waals surface area (Å²) in [4.78, 5) is 18.4. The van der Waals surface area contributed by atoms with Gasteiger partial charge < -0.3 is 4.98 Å². The average molecular weight is 199 g/mol. The van der Waals surface area contributed by atoms with Crippen molar-refractivity contribution in [1.82, 2.24) is 9.97 Å². The number of aryl methyl sites for hydroxylation is 1. The van der Waals surface area contributed by atoms with E-state index >= 15 is 0 Å². The first-order valence-electron chi connectivity index (χ1n) is 4.57. The van der Waals surface area contributed by atoms with E-state index in [0.717, 1.165) is 5.56 Å². The fourth-order valence-corrected chi connectivity index (χ4v) is 1.46. The summed E-state index contributed by atoms with van der Waals surface area (Å²) >= 11 is 0. The zero-order valence-electron chi connectivity index (χ0n) is 8.24. The molecule has 0 amide bonds. The van der Waals surface area contributed by atoms with Crippen LogP contribution in [0.5, 0.6) is 0 Å². The molecule has 0 bridgehead atoms. The number of benzene rings is 1. The summed E-state index contributed by atoms with van der Waals surface area (Å²) in [6.45, 7) is 1.92. The van der Waals surface area contributed by atoms with Crippen LogP contribution >= 0.6 is 0 Å². The van der Waals surface area contributed by atoms with Crippen LogP contribution in [0.2, 0.25) is 0 Å². The lowest BCUT2D eigenvalue weighted by molar-refractivity contribution is 1.000. The minimum Gasteiger partial charge on any atom is -0.309 e. The van der Waals surface area contributed by atoms with Crippen molar-refractivity contribution in [2.45, 2.75) is 13.3 Å². The lowest BCUT2D eigenvalue weighted by atomic mass is 10.2. The first kappa shape index (κ1) is 9.41. The summed E-state index contributed by atoms with van der Waals surface area (Å²) in [5.41, 5.74) is 1.46. The molecule has 4 nitrogen and oxygen atoms in total. The summed E-state index contributed by atoms with van der Waals surface area (Å²) in [6, 6.07) is 7.43. The molecule has 0 saturated carbocycles. The van der Waals surface area contributed by atoms with Crippen molar-refractivity contribution < 1.29 is 0 Å². The highest BCUT2D eigenvalue weighted by Gasteiger charge is 2.03. The van der Waals surface area contributed by atoms with E-state index in [1.165, 1.54) is 0 Å². The number of aromatic amines is 1. The Kier molecular flexibility index (Phi) is 2.22. The van der Waals surface area contributed by atoms with Crippen LogP contribution in [0.3, 0.4) is 0 Å². The van der Waals surface area contributed by atoms with Gasteiger partial charge in [0, 0.05) is 0 Å². The zero-order chi connectivity index (χ0) is 10.8. The van der Waals surface area contributed by atoms with Crippen molar-refractivity contribution in [1.29, 1.82) is 5.26 Å². The van der Waals surface area contributed by atoms with Gasteiger partial charge in [0.15, 0.2) is 0 Å². The molecule has 4 heteroatoms. The van der Waals surface area contributed by atoms with Crippen LogP contribution in [0.15, 0.2) is 23.0 Å². The Morgan fingerprint density at radius 1 is 1.53 bits per heavy atom. The average Bonchev–Trinajstić information content (AvgIpc) is 2.20. The second kappa shape index (κ2) is 3.54. The summed E-state index contributed by atoms with van der Waals surface area (Å²) in [5.74, 6) is 0.416. The normalized spacial score (nSPS) is 10.1. The zero-order valence-corrected chi connectivity index (χ0v) is 8.24. The number of H-pyrrole nitrogens is 1. The van der Waals surface area contributed by atoms with Crippen molar-refractivity contribution in [3.8, 4) is 6.07 Å². The van der Waals surface area contributed by atoms with E-state index in [2.05, 4.69) is 9.97 Å². The first-order valence-corrected chi connectivity index (χ1v) is 4.57. The molecule has 0 aliphatic heterocycles. The number of rotatable bonds is 1. The molecule has 0 atom stereocenters. The molecule has 0 saturated heterocycles. The number of nitrogens with zero attached hydrogens (tertiary/aromatic N) is 2. The Morgan fingerprint density at radius 3 is 3.07 bits per heavy atom. The van der Waals surface area contributed by atoms with E-state index in [1.54, 1.807) is 12.1 Å². The standard InChI is InChI=1S/C11H9N3O/c1-7-2-3-9-8(6-7)11(15)14-10(13-9)4-5-12/h2-3,6H,4H2,1H3,(H,13,14,15). The molecule has 0 unspecified atom stereocenters. The molecule has 0 aliphatic rings. The van der Waals surface area contributed by atoms with E-state index in [4.69, 9.17) is 5.26 Å². The molecule has 15 heavy (non-hydrogen) atoms. The topological polar surface area (TPSA) is 69.5 Å².